The number of nitrogens with one attached hydrogen (secondary N) is 2. The Morgan fingerprint density at radius 1 is 1.33 bits per heavy atom. The highest BCUT2D eigenvalue weighted by Crippen LogP contribution is 2.11. The lowest BCUT2D eigenvalue weighted by atomic mass is 10.1. The first kappa shape index (κ1) is 23.4. The first-order valence-electron chi connectivity index (χ1n) is 8.81. The van der Waals surface area contributed by atoms with Crippen molar-refractivity contribution < 1.29 is 4.79 Å². The molecular formula is C19H28IN5OS. The van der Waals surface area contributed by atoms with Crippen LogP contribution >= 0.6 is 35.3 Å². The predicted octanol–water partition coefficient (Wildman–Crippen LogP) is 3.67. The summed E-state index contributed by atoms with van der Waals surface area (Å²) in [6.45, 7) is 7.54. The number of amides is 1. The molecule has 0 radical (unpaired) electrons. The van der Waals surface area contributed by atoms with Crippen LogP contribution in [0.15, 0.2) is 34.6 Å². The number of aromatic nitrogens is 1. The van der Waals surface area contributed by atoms with E-state index in [-0.39, 0.29) is 36.4 Å². The lowest BCUT2D eigenvalue weighted by Crippen LogP contribution is -2.39. The summed E-state index contributed by atoms with van der Waals surface area (Å²) in [7, 11) is 1.94. The van der Waals surface area contributed by atoms with Crippen LogP contribution in [0.4, 0.5) is 5.69 Å². The van der Waals surface area contributed by atoms with Crippen molar-refractivity contribution in [2.24, 2.45) is 4.99 Å². The van der Waals surface area contributed by atoms with Crippen molar-refractivity contribution >= 4 is 52.9 Å². The standard InChI is InChI=1S/C19H27N5OS.HI/c1-5-15-8-7-9-16(10-15)23-18(25)11-21-19(20-6-2)24(4)12-17-13-26-14(3)22-17;/h7-10,13H,5-6,11-12H2,1-4H3,(H,20,21)(H,23,25);1H. The molecule has 0 saturated carbocycles. The highest BCUT2D eigenvalue weighted by molar-refractivity contribution is 14.0. The fraction of sp³-hybridized carbons (Fsp3) is 0.421. The fourth-order valence-corrected chi connectivity index (χ4v) is 3.09. The van der Waals surface area contributed by atoms with Gasteiger partial charge in [0, 0.05) is 24.7 Å². The summed E-state index contributed by atoms with van der Waals surface area (Å²) >= 11 is 1.63. The smallest absolute Gasteiger partial charge is 0.246 e. The van der Waals surface area contributed by atoms with Crippen LogP contribution in [0.3, 0.4) is 0 Å². The number of aliphatic imine (C=N–C) groups is 1. The van der Waals surface area contributed by atoms with Gasteiger partial charge in [-0.05, 0) is 38.0 Å². The van der Waals surface area contributed by atoms with Gasteiger partial charge >= 0.3 is 0 Å². The summed E-state index contributed by atoms with van der Waals surface area (Å²) in [5.74, 6) is 0.558. The van der Waals surface area contributed by atoms with Gasteiger partial charge in [-0.1, -0.05) is 19.1 Å². The quantitative estimate of drug-likeness (QED) is 0.345. The number of thiazole rings is 1. The van der Waals surface area contributed by atoms with Gasteiger partial charge in [-0.15, -0.1) is 35.3 Å². The second-order valence-electron chi connectivity index (χ2n) is 5.99. The van der Waals surface area contributed by atoms with E-state index in [1.807, 2.05) is 55.4 Å². The van der Waals surface area contributed by atoms with E-state index in [0.717, 1.165) is 29.4 Å². The number of anilines is 1. The summed E-state index contributed by atoms with van der Waals surface area (Å²) in [4.78, 5) is 23.1. The molecule has 0 aliphatic heterocycles. The normalized spacial score (nSPS) is 10.9. The number of benzene rings is 1. The minimum absolute atomic E-state index is 0. The lowest BCUT2D eigenvalue weighted by Gasteiger charge is -2.21. The number of halogens is 1. The Kier molecular flexibility index (Phi) is 10.3. The van der Waals surface area contributed by atoms with Crippen LogP contribution in [-0.4, -0.2) is 41.9 Å². The molecule has 1 aromatic heterocycles. The topological polar surface area (TPSA) is 69.6 Å². The molecule has 6 nitrogen and oxygen atoms in total. The van der Waals surface area contributed by atoms with Gasteiger partial charge in [0.1, 0.15) is 6.54 Å². The number of guanidine groups is 1. The zero-order chi connectivity index (χ0) is 18.9. The van der Waals surface area contributed by atoms with Gasteiger partial charge in [0.2, 0.25) is 5.91 Å². The molecule has 0 bridgehead atoms. The van der Waals surface area contributed by atoms with Crippen molar-refractivity contribution in [3.05, 3.63) is 45.9 Å². The van der Waals surface area contributed by atoms with Gasteiger partial charge < -0.3 is 15.5 Å². The summed E-state index contributed by atoms with van der Waals surface area (Å²) in [6.07, 6.45) is 0.938. The SMILES string of the molecule is CCNC(=NCC(=O)Nc1cccc(CC)c1)N(C)Cc1csc(C)n1.I. The molecule has 1 amide bonds. The van der Waals surface area contributed by atoms with E-state index in [1.165, 1.54) is 5.56 Å². The van der Waals surface area contributed by atoms with Crippen molar-refractivity contribution in [2.75, 3.05) is 25.5 Å². The average molecular weight is 501 g/mol. The van der Waals surface area contributed by atoms with E-state index >= 15 is 0 Å². The summed E-state index contributed by atoms with van der Waals surface area (Å²) < 4.78 is 0. The van der Waals surface area contributed by atoms with Crippen LogP contribution in [-0.2, 0) is 17.8 Å². The van der Waals surface area contributed by atoms with E-state index in [0.29, 0.717) is 12.5 Å². The fourth-order valence-electron chi connectivity index (χ4n) is 2.48. The maximum Gasteiger partial charge on any atom is 0.246 e. The van der Waals surface area contributed by atoms with E-state index in [4.69, 9.17) is 0 Å². The monoisotopic (exact) mass is 501 g/mol. The minimum atomic E-state index is -0.133. The molecule has 0 fully saturated rings. The van der Waals surface area contributed by atoms with Gasteiger partial charge in [0.15, 0.2) is 5.96 Å². The van der Waals surface area contributed by atoms with E-state index in [9.17, 15) is 4.79 Å². The Hall–Kier alpha value is -1.68. The summed E-state index contributed by atoms with van der Waals surface area (Å²) in [6, 6.07) is 7.88. The molecule has 148 valence electrons. The molecule has 0 saturated heterocycles. The van der Waals surface area contributed by atoms with Gasteiger partial charge in [-0.2, -0.15) is 0 Å². The number of rotatable bonds is 7. The Balaban J connectivity index is 0.00000364. The summed E-state index contributed by atoms with van der Waals surface area (Å²) in [5.41, 5.74) is 3.00. The van der Waals surface area contributed by atoms with Crippen LogP contribution in [0, 0.1) is 6.92 Å². The molecule has 0 aliphatic rings. The Morgan fingerprint density at radius 3 is 2.74 bits per heavy atom. The zero-order valence-electron chi connectivity index (χ0n) is 16.3. The Labute approximate surface area is 182 Å². The van der Waals surface area contributed by atoms with E-state index in [1.54, 1.807) is 11.3 Å². The van der Waals surface area contributed by atoms with Gasteiger partial charge in [0.25, 0.3) is 0 Å². The zero-order valence-corrected chi connectivity index (χ0v) is 19.4. The van der Waals surface area contributed by atoms with Crippen LogP contribution in [0.1, 0.15) is 30.1 Å². The molecular weight excluding hydrogens is 473 g/mol. The molecule has 2 rings (SSSR count). The minimum Gasteiger partial charge on any atom is -0.357 e. The number of nitrogens with zero attached hydrogens (tertiary/aromatic N) is 3. The molecule has 0 atom stereocenters. The third-order valence-corrected chi connectivity index (χ3v) is 4.58. The summed E-state index contributed by atoms with van der Waals surface area (Å²) in [5, 5.41) is 9.21. The maximum atomic E-state index is 12.2. The number of hydrogen-bond acceptors (Lipinski definition) is 4. The van der Waals surface area contributed by atoms with Crippen molar-refractivity contribution in [3.63, 3.8) is 0 Å². The number of carbonyl (C=O) groups is 1. The van der Waals surface area contributed by atoms with Gasteiger partial charge in [-0.3, -0.25) is 4.79 Å². The molecule has 0 unspecified atom stereocenters. The molecule has 2 N–H and O–H groups in total. The molecule has 2 aromatic rings. The number of aryl methyl sites for hydroxylation is 2. The van der Waals surface area contributed by atoms with Crippen molar-refractivity contribution in [1.29, 1.82) is 0 Å². The number of carbonyl (C=O) groups excluding carboxylic acids is 1. The Bertz CT molecular complexity index is 762. The van der Waals surface area contributed by atoms with Crippen LogP contribution < -0.4 is 10.6 Å². The second kappa shape index (κ2) is 11.9. The second-order valence-corrected chi connectivity index (χ2v) is 7.05. The van der Waals surface area contributed by atoms with Crippen molar-refractivity contribution in [3.8, 4) is 0 Å². The third-order valence-electron chi connectivity index (χ3n) is 3.75. The molecule has 1 heterocycles. The van der Waals surface area contributed by atoms with E-state index in [2.05, 4.69) is 27.5 Å². The molecule has 1 aromatic carbocycles. The van der Waals surface area contributed by atoms with Crippen molar-refractivity contribution in [1.82, 2.24) is 15.2 Å². The van der Waals surface area contributed by atoms with Crippen LogP contribution in [0.25, 0.3) is 0 Å². The average Bonchev–Trinajstić information content (AvgIpc) is 3.03. The third kappa shape index (κ3) is 7.84. The largest absolute Gasteiger partial charge is 0.357 e. The lowest BCUT2D eigenvalue weighted by molar-refractivity contribution is -0.114. The van der Waals surface area contributed by atoms with Crippen molar-refractivity contribution in [2.45, 2.75) is 33.7 Å². The molecule has 0 spiro atoms. The first-order valence-corrected chi connectivity index (χ1v) is 9.69. The first-order chi connectivity index (χ1) is 12.5. The van der Waals surface area contributed by atoms with Gasteiger partial charge in [0.05, 0.1) is 17.2 Å². The van der Waals surface area contributed by atoms with E-state index < -0.39 is 0 Å². The highest BCUT2D eigenvalue weighted by atomic mass is 127. The molecule has 8 heteroatoms. The van der Waals surface area contributed by atoms with Crippen LogP contribution in [0.2, 0.25) is 0 Å². The van der Waals surface area contributed by atoms with Crippen LogP contribution in [0.5, 0.6) is 0 Å². The highest BCUT2D eigenvalue weighted by Gasteiger charge is 2.10. The van der Waals surface area contributed by atoms with Gasteiger partial charge in [-0.25, -0.2) is 9.98 Å². The maximum absolute atomic E-state index is 12.2. The predicted molar refractivity (Wildman–Crippen MR) is 124 cm³/mol. The molecule has 27 heavy (non-hydrogen) atoms. The molecule has 0 aliphatic carbocycles. The number of hydrogen-bond donors (Lipinski definition) is 2. The Morgan fingerprint density at radius 2 is 2.11 bits per heavy atom.